The molecule has 7 nitrogen and oxygen atoms in total. The first-order valence-corrected chi connectivity index (χ1v) is 10.7. The average molecular weight is 514 g/mol. The van der Waals surface area contributed by atoms with E-state index in [9.17, 15) is 36.2 Å². The SMILES string of the molecule is C[C@H]1OCc2c1c(N)nc1ccc(C(=O)N(Cc3ccc(C(F)(F)F)cn3)C(F)[C@@H](O)C(F)F)cc21. The summed E-state index contributed by atoms with van der Waals surface area (Å²) in [4.78, 5) is 21.4. The molecule has 3 aromatic rings. The van der Waals surface area contributed by atoms with Crippen molar-refractivity contribution < 1.29 is 41.0 Å². The molecule has 0 spiro atoms. The highest BCUT2D eigenvalue weighted by Gasteiger charge is 2.37. The predicted molar refractivity (Wildman–Crippen MR) is 115 cm³/mol. The molecule has 0 radical (unpaired) electrons. The Bertz CT molecular complexity index is 1290. The van der Waals surface area contributed by atoms with Gasteiger partial charge in [-0.1, -0.05) is 0 Å². The molecule has 1 aromatic carbocycles. The number of halogens is 6. The first-order chi connectivity index (χ1) is 16.9. The number of fused-ring (bicyclic) bond motifs is 3. The predicted octanol–water partition coefficient (Wildman–Crippen LogP) is 4.39. The van der Waals surface area contributed by atoms with Crippen molar-refractivity contribution in [2.75, 3.05) is 5.73 Å². The smallest absolute Gasteiger partial charge is 0.383 e. The fraction of sp³-hybridized carbons (Fsp3) is 0.348. The van der Waals surface area contributed by atoms with Crippen LogP contribution in [0.2, 0.25) is 0 Å². The van der Waals surface area contributed by atoms with E-state index in [0.29, 0.717) is 34.3 Å². The molecule has 1 aliphatic rings. The van der Waals surface area contributed by atoms with Gasteiger partial charge in [-0.3, -0.25) is 9.78 Å². The van der Waals surface area contributed by atoms with Gasteiger partial charge in [-0.05, 0) is 42.8 Å². The van der Waals surface area contributed by atoms with E-state index in [4.69, 9.17) is 10.5 Å². The van der Waals surface area contributed by atoms with Crippen molar-refractivity contribution in [3.63, 3.8) is 0 Å². The van der Waals surface area contributed by atoms with Gasteiger partial charge >= 0.3 is 6.18 Å². The maximum Gasteiger partial charge on any atom is 0.417 e. The molecule has 3 heterocycles. The normalized spacial score (nSPS) is 17.3. The zero-order valence-corrected chi connectivity index (χ0v) is 18.6. The fourth-order valence-electron chi connectivity index (χ4n) is 4.00. The number of anilines is 1. The third kappa shape index (κ3) is 4.80. The minimum atomic E-state index is -4.68. The second-order valence-corrected chi connectivity index (χ2v) is 8.24. The second-order valence-electron chi connectivity index (χ2n) is 8.24. The zero-order chi connectivity index (χ0) is 26.4. The van der Waals surface area contributed by atoms with Gasteiger partial charge in [0.25, 0.3) is 12.3 Å². The third-order valence-electron chi connectivity index (χ3n) is 5.88. The molecular formula is C23H20F6N4O3. The highest BCUT2D eigenvalue weighted by atomic mass is 19.4. The van der Waals surface area contributed by atoms with Crippen LogP contribution in [0.4, 0.5) is 32.2 Å². The summed E-state index contributed by atoms with van der Waals surface area (Å²) in [5.74, 6) is -0.844. The van der Waals surface area contributed by atoms with Crippen LogP contribution in [0, 0.1) is 0 Å². The summed E-state index contributed by atoms with van der Waals surface area (Å²) in [6.45, 7) is 1.16. The number of carbonyl (C=O) groups is 1. The van der Waals surface area contributed by atoms with Gasteiger partial charge in [0.2, 0.25) is 6.30 Å². The number of aliphatic hydroxyl groups is 1. The molecule has 2 aromatic heterocycles. The van der Waals surface area contributed by atoms with Crippen molar-refractivity contribution in [1.29, 1.82) is 0 Å². The van der Waals surface area contributed by atoms with E-state index >= 15 is 0 Å². The molecule has 1 amide bonds. The van der Waals surface area contributed by atoms with E-state index < -0.39 is 43.0 Å². The Morgan fingerprint density at radius 3 is 2.58 bits per heavy atom. The van der Waals surface area contributed by atoms with Gasteiger partial charge in [-0.25, -0.2) is 18.2 Å². The van der Waals surface area contributed by atoms with Crippen LogP contribution in [0.25, 0.3) is 10.9 Å². The number of nitrogens with two attached hydrogens (primary N) is 1. The largest absolute Gasteiger partial charge is 0.417 e. The van der Waals surface area contributed by atoms with Gasteiger partial charge in [0.1, 0.15) is 5.82 Å². The quantitative estimate of drug-likeness (QED) is 0.374. The minimum absolute atomic E-state index is 0.133. The summed E-state index contributed by atoms with van der Waals surface area (Å²) in [6, 6.07) is 5.64. The van der Waals surface area contributed by atoms with Gasteiger partial charge in [0.15, 0.2) is 6.10 Å². The van der Waals surface area contributed by atoms with Gasteiger partial charge in [0.05, 0.1) is 36.0 Å². The van der Waals surface area contributed by atoms with Gasteiger partial charge in [0, 0.05) is 22.7 Å². The van der Waals surface area contributed by atoms with Crippen molar-refractivity contribution in [1.82, 2.24) is 14.9 Å². The standard InChI is InChI=1S/C23H20F6N4O3/c1-10-17-15(9-36-10)14-6-11(2-5-16(14)32-21(17)30)22(35)33(20(26)18(34)19(24)25)8-13-4-3-12(7-31-13)23(27,28)29/h2-7,10,18-20,34H,8-9H2,1H3,(H2,30,32)/t10-,18+,20?/m1/s1. The average Bonchev–Trinajstić information content (AvgIpc) is 3.23. The van der Waals surface area contributed by atoms with Crippen LogP contribution in [0.3, 0.4) is 0 Å². The van der Waals surface area contributed by atoms with Crippen molar-refractivity contribution >= 4 is 22.6 Å². The molecule has 192 valence electrons. The number of pyridine rings is 2. The lowest BCUT2D eigenvalue weighted by Gasteiger charge is -2.29. The number of aromatic nitrogens is 2. The number of nitrogens with zero attached hydrogens (tertiary/aromatic N) is 3. The number of carbonyl (C=O) groups excluding carboxylic acids is 1. The number of aliphatic hydroxyl groups excluding tert-OH is 1. The Labute approximate surface area is 200 Å². The topological polar surface area (TPSA) is 102 Å². The highest BCUT2D eigenvalue weighted by Crippen LogP contribution is 2.38. The molecule has 1 aliphatic heterocycles. The van der Waals surface area contributed by atoms with Crippen LogP contribution in [0.1, 0.15) is 45.8 Å². The van der Waals surface area contributed by atoms with E-state index in [0.717, 1.165) is 6.07 Å². The molecule has 3 N–H and O–H groups in total. The molecule has 36 heavy (non-hydrogen) atoms. The van der Waals surface area contributed by atoms with E-state index in [1.807, 2.05) is 0 Å². The van der Waals surface area contributed by atoms with Gasteiger partial charge < -0.3 is 20.5 Å². The lowest BCUT2D eigenvalue weighted by atomic mass is 10.00. The molecule has 0 saturated carbocycles. The van der Waals surface area contributed by atoms with Crippen LogP contribution in [-0.2, 0) is 24.1 Å². The number of rotatable bonds is 6. The van der Waals surface area contributed by atoms with Gasteiger partial charge in [-0.2, -0.15) is 13.2 Å². The Kier molecular flexibility index (Phi) is 6.80. The summed E-state index contributed by atoms with van der Waals surface area (Å²) in [6.07, 6.45) is -13.8. The monoisotopic (exact) mass is 514 g/mol. The fourth-order valence-corrected chi connectivity index (χ4v) is 4.00. The molecule has 0 saturated heterocycles. The Hall–Kier alpha value is -3.45. The van der Waals surface area contributed by atoms with Crippen molar-refractivity contribution in [3.05, 3.63) is 64.5 Å². The molecule has 1 unspecified atom stereocenters. The zero-order valence-electron chi connectivity index (χ0n) is 18.6. The van der Waals surface area contributed by atoms with E-state index in [2.05, 4.69) is 9.97 Å². The number of benzene rings is 1. The van der Waals surface area contributed by atoms with Crippen LogP contribution < -0.4 is 5.73 Å². The van der Waals surface area contributed by atoms with Crippen molar-refractivity contribution in [3.8, 4) is 0 Å². The van der Waals surface area contributed by atoms with Crippen LogP contribution in [0.5, 0.6) is 0 Å². The van der Waals surface area contributed by atoms with E-state index in [1.165, 1.54) is 18.2 Å². The van der Waals surface area contributed by atoms with Crippen molar-refractivity contribution in [2.24, 2.45) is 0 Å². The molecular weight excluding hydrogens is 494 g/mol. The molecule has 0 bridgehead atoms. The maximum absolute atomic E-state index is 15.0. The first kappa shape index (κ1) is 25.6. The van der Waals surface area contributed by atoms with E-state index in [1.54, 1.807) is 6.92 Å². The molecule has 13 heteroatoms. The highest BCUT2D eigenvalue weighted by molar-refractivity contribution is 5.99. The Morgan fingerprint density at radius 1 is 1.25 bits per heavy atom. The number of alkyl halides is 6. The van der Waals surface area contributed by atoms with Crippen LogP contribution >= 0.6 is 0 Å². The maximum atomic E-state index is 15.0. The molecule has 0 fully saturated rings. The summed E-state index contributed by atoms with van der Waals surface area (Å²) >= 11 is 0. The Morgan fingerprint density at radius 2 is 1.97 bits per heavy atom. The lowest BCUT2D eigenvalue weighted by Crippen LogP contribution is -2.46. The second kappa shape index (κ2) is 9.54. The summed E-state index contributed by atoms with van der Waals surface area (Å²) in [5, 5.41) is 10.1. The number of ether oxygens (including phenoxy) is 1. The summed E-state index contributed by atoms with van der Waals surface area (Å²) in [7, 11) is 0. The van der Waals surface area contributed by atoms with E-state index in [-0.39, 0.29) is 34.7 Å². The third-order valence-corrected chi connectivity index (χ3v) is 5.88. The molecule has 0 aliphatic carbocycles. The molecule has 3 atom stereocenters. The Balaban J connectivity index is 1.72. The first-order valence-electron chi connectivity index (χ1n) is 10.7. The number of hydrogen-bond acceptors (Lipinski definition) is 6. The molecule has 4 rings (SSSR count). The lowest BCUT2D eigenvalue weighted by molar-refractivity contribution is -0.137. The number of hydrogen-bond donors (Lipinski definition) is 2. The summed E-state index contributed by atoms with van der Waals surface area (Å²) < 4.78 is 85.1. The number of nitrogen functional groups attached to an aromatic ring is 1. The van der Waals surface area contributed by atoms with Crippen molar-refractivity contribution in [2.45, 2.75) is 51.2 Å². The summed E-state index contributed by atoms with van der Waals surface area (Å²) in [5.41, 5.74) is 6.30. The minimum Gasteiger partial charge on any atom is -0.383 e. The van der Waals surface area contributed by atoms with Crippen LogP contribution in [-0.4, -0.2) is 44.7 Å². The number of amides is 1. The van der Waals surface area contributed by atoms with Crippen LogP contribution in [0.15, 0.2) is 36.5 Å². The van der Waals surface area contributed by atoms with Gasteiger partial charge in [-0.15, -0.1) is 0 Å².